The lowest BCUT2D eigenvalue weighted by molar-refractivity contribution is -0.384. The van der Waals surface area contributed by atoms with Crippen molar-refractivity contribution in [2.75, 3.05) is 6.61 Å². The molecule has 3 aromatic rings. The molecule has 0 bridgehead atoms. The van der Waals surface area contributed by atoms with E-state index in [1.165, 1.54) is 30.3 Å². The van der Waals surface area contributed by atoms with Crippen molar-refractivity contribution in [1.82, 2.24) is 0 Å². The van der Waals surface area contributed by atoms with E-state index in [0.29, 0.717) is 22.8 Å². The number of carbonyl (C=O) groups is 2. The lowest BCUT2D eigenvalue weighted by atomic mass is 10.0. The van der Waals surface area contributed by atoms with Crippen LogP contribution < -0.4 is 0 Å². The van der Waals surface area contributed by atoms with Crippen LogP contribution in [0.25, 0.3) is 11.3 Å². The first-order valence-electron chi connectivity index (χ1n) is 9.00. The van der Waals surface area contributed by atoms with Gasteiger partial charge in [-0.25, -0.2) is 4.79 Å². The Morgan fingerprint density at radius 2 is 1.66 bits per heavy atom. The minimum Gasteiger partial charge on any atom is -0.451 e. The van der Waals surface area contributed by atoms with Crippen molar-refractivity contribution in [2.45, 2.75) is 19.8 Å². The van der Waals surface area contributed by atoms with Crippen molar-refractivity contribution >= 4 is 17.4 Å². The highest BCUT2D eigenvalue weighted by Gasteiger charge is 2.17. The third-order valence-corrected chi connectivity index (χ3v) is 4.40. The van der Waals surface area contributed by atoms with Gasteiger partial charge < -0.3 is 9.15 Å². The summed E-state index contributed by atoms with van der Waals surface area (Å²) in [5.74, 6) is -0.397. The van der Waals surface area contributed by atoms with Crippen molar-refractivity contribution in [2.24, 2.45) is 0 Å². The number of nitro benzene ring substituents is 1. The zero-order chi connectivity index (χ0) is 21.0. The number of nitrogens with zero attached hydrogens (tertiary/aromatic N) is 1. The van der Waals surface area contributed by atoms with Gasteiger partial charge in [0.05, 0.1) is 4.92 Å². The molecule has 0 radical (unpaired) electrons. The standard InChI is InChI=1S/C22H19NO6/c1-14(2)15-3-5-16(6-4-15)19(24)13-28-22(25)21-12-11-20(29-21)17-7-9-18(10-8-17)23(26)27/h3-12,14H,13H2,1-2H3. The maximum Gasteiger partial charge on any atom is 0.374 e. The number of ketones is 1. The lowest BCUT2D eigenvalue weighted by Crippen LogP contribution is -2.14. The summed E-state index contributed by atoms with van der Waals surface area (Å²) in [5.41, 5.74) is 2.12. The number of hydrogen-bond donors (Lipinski definition) is 0. The summed E-state index contributed by atoms with van der Waals surface area (Å²) in [5, 5.41) is 10.7. The van der Waals surface area contributed by atoms with Gasteiger partial charge in [-0.15, -0.1) is 0 Å². The maximum absolute atomic E-state index is 12.2. The van der Waals surface area contributed by atoms with Crippen LogP contribution in [0.5, 0.6) is 0 Å². The number of rotatable bonds is 7. The van der Waals surface area contributed by atoms with E-state index in [-0.39, 0.29) is 17.2 Å². The molecule has 2 aromatic carbocycles. The Morgan fingerprint density at radius 3 is 2.24 bits per heavy atom. The summed E-state index contributed by atoms with van der Waals surface area (Å²) in [4.78, 5) is 34.6. The van der Waals surface area contributed by atoms with Crippen LogP contribution in [0.15, 0.2) is 65.1 Å². The third-order valence-electron chi connectivity index (χ3n) is 4.40. The number of benzene rings is 2. The number of nitro groups is 1. The molecule has 0 N–H and O–H groups in total. The summed E-state index contributed by atoms with van der Waals surface area (Å²) in [6.07, 6.45) is 0. The van der Waals surface area contributed by atoms with Crippen molar-refractivity contribution < 1.29 is 23.7 Å². The van der Waals surface area contributed by atoms with Crippen LogP contribution in [0.3, 0.4) is 0 Å². The largest absolute Gasteiger partial charge is 0.451 e. The van der Waals surface area contributed by atoms with Gasteiger partial charge in [-0.1, -0.05) is 38.1 Å². The number of carbonyl (C=O) groups excluding carboxylic acids is 2. The van der Waals surface area contributed by atoms with E-state index in [0.717, 1.165) is 5.56 Å². The number of ether oxygens (including phenoxy) is 1. The molecule has 0 atom stereocenters. The predicted octanol–water partition coefficient (Wildman–Crippen LogP) is 5.02. The first-order chi connectivity index (χ1) is 13.8. The van der Waals surface area contributed by atoms with Gasteiger partial charge in [0.15, 0.2) is 12.4 Å². The number of hydrogen-bond acceptors (Lipinski definition) is 6. The van der Waals surface area contributed by atoms with E-state index in [1.54, 1.807) is 18.2 Å². The number of furan rings is 1. The van der Waals surface area contributed by atoms with Crippen molar-refractivity contribution in [3.05, 3.63) is 87.7 Å². The Balaban J connectivity index is 1.61. The van der Waals surface area contributed by atoms with Crippen LogP contribution >= 0.6 is 0 Å². The minimum absolute atomic E-state index is 0.0418. The third kappa shape index (κ3) is 4.76. The number of Topliss-reactive ketones (excluding diaryl/α,β-unsaturated/α-hetero) is 1. The molecule has 1 aromatic heterocycles. The van der Waals surface area contributed by atoms with Gasteiger partial charge in [0, 0.05) is 23.3 Å². The SMILES string of the molecule is CC(C)c1ccc(C(=O)COC(=O)c2ccc(-c3ccc([N+](=O)[O-])cc3)o2)cc1. The van der Waals surface area contributed by atoms with Gasteiger partial charge >= 0.3 is 5.97 Å². The Labute approximate surface area is 167 Å². The first kappa shape index (κ1) is 20.0. The van der Waals surface area contributed by atoms with Gasteiger partial charge in [-0.05, 0) is 35.7 Å². The molecule has 0 fully saturated rings. The van der Waals surface area contributed by atoms with Crippen LogP contribution in [0.4, 0.5) is 5.69 Å². The molecule has 0 aliphatic carbocycles. The van der Waals surface area contributed by atoms with Crippen LogP contribution in [-0.4, -0.2) is 23.3 Å². The Bertz CT molecular complexity index is 1030. The molecule has 7 heteroatoms. The number of esters is 1. The molecule has 7 nitrogen and oxygen atoms in total. The van der Waals surface area contributed by atoms with E-state index < -0.39 is 17.5 Å². The van der Waals surface area contributed by atoms with Gasteiger partial charge in [0.25, 0.3) is 5.69 Å². The average Bonchev–Trinajstić information content (AvgIpc) is 3.22. The van der Waals surface area contributed by atoms with E-state index >= 15 is 0 Å². The van der Waals surface area contributed by atoms with Crippen LogP contribution in [0.2, 0.25) is 0 Å². The van der Waals surface area contributed by atoms with Crippen LogP contribution in [0, 0.1) is 10.1 Å². The fourth-order valence-electron chi connectivity index (χ4n) is 2.69. The molecule has 0 aliphatic rings. The molecular weight excluding hydrogens is 374 g/mol. The molecule has 0 saturated carbocycles. The van der Waals surface area contributed by atoms with Crippen molar-refractivity contribution in [3.63, 3.8) is 0 Å². The maximum atomic E-state index is 12.2. The zero-order valence-electron chi connectivity index (χ0n) is 16.0. The predicted molar refractivity (Wildman–Crippen MR) is 106 cm³/mol. The highest BCUT2D eigenvalue weighted by atomic mass is 16.6. The van der Waals surface area contributed by atoms with Gasteiger partial charge in [0.1, 0.15) is 5.76 Å². The Morgan fingerprint density at radius 1 is 1.00 bits per heavy atom. The molecule has 148 valence electrons. The van der Waals surface area contributed by atoms with E-state index in [4.69, 9.17) is 9.15 Å². The van der Waals surface area contributed by atoms with E-state index in [1.807, 2.05) is 12.1 Å². The number of non-ortho nitro benzene ring substituents is 1. The van der Waals surface area contributed by atoms with Crippen LogP contribution in [0.1, 0.15) is 46.2 Å². The lowest BCUT2D eigenvalue weighted by Gasteiger charge is -2.06. The second-order valence-electron chi connectivity index (χ2n) is 6.74. The van der Waals surface area contributed by atoms with E-state index in [2.05, 4.69) is 13.8 Å². The molecular formula is C22H19NO6. The molecule has 0 saturated heterocycles. The average molecular weight is 393 g/mol. The van der Waals surface area contributed by atoms with Gasteiger partial charge in [-0.2, -0.15) is 0 Å². The molecule has 0 unspecified atom stereocenters. The molecule has 1 heterocycles. The molecule has 0 amide bonds. The van der Waals surface area contributed by atoms with Gasteiger partial charge in [0.2, 0.25) is 5.76 Å². The normalized spacial score (nSPS) is 10.7. The van der Waals surface area contributed by atoms with Crippen molar-refractivity contribution in [3.8, 4) is 11.3 Å². The molecule has 0 spiro atoms. The fraction of sp³-hybridized carbons (Fsp3) is 0.182. The topological polar surface area (TPSA) is 99.7 Å². The highest BCUT2D eigenvalue weighted by molar-refractivity contribution is 5.99. The van der Waals surface area contributed by atoms with Crippen molar-refractivity contribution in [1.29, 1.82) is 0 Å². The second kappa shape index (κ2) is 8.52. The highest BCUT2D eigenvalue weighted by Crippen LogP contribution is 2.25. The zero-order valence-corrected chi connectivity index (χ0v) is 16.0. The van der Waals surface area contributed by atoms with Crippen LogP contribution in [-0.2, 0) is 4.74 Å². The summed E-state index contributed by atoms with van der Waals surface area (Å²) >= 11 is 0. The Hall–Kier alpha value is -3.74. The molecule has 29 heavy (non-hydrogen) atoms. The summed E-state index contributed by atoms with van der Waals surface area (Å²) < 4.78 is 10.5. The van der Waals surface area contributed by atoms with E-state index in [9.17, 15) is 19.7 Å². The monoisotopic (exact) mass is 393 g/mol. The summed E-state index contributed by atoms with van der Waals surface area (Å²) in [6, 6.07) is 15.9. The summed E-state index contributed by atoms with van der Waals surface area (Å²) in [6.45, 7) is 3.73. The molecule has 3 rings (SSSR count). The first-order valence-corrected chi connectivity index (χ1v) is 9.00. The fourth-order valence-corrected chi connectivity index (χ4v) is 2.69. The van der Waals surface area contributed by atoms with Gasteiger partial charge in [-0.3, -0.25) is 14.9 Å². The second-order valence-corrected chi connectivity index (χ2v) is 6.74. The summed E-state index contributed by atoms with van der Waals surface area (Å²) in [7, 11) is 0. The minimum atomic E-state index is -0.759. The quantitative estimate of drug-likeness (QED) is 0.242. The Kier molecular flexibility index (Phi) is 5.87. The molecule has 0 aliphatic heterocycles. The smallest absolute Gasteiger partial charge is 0.374 e.